The fourth-order valence-electron chi connectivity index (χ4n) is 2.13. The lowest BCUT2D eigenvalue weighted by molar-refractivity contribution is 0.0950. The number of aromatic nitrogens is 1. The maximum absolute atomic E-state index is 13.2. The van der Waals surface area contributed by atoms with Crippen LogP contribution in [0.4, 0.5) is 8.78 Å². The van der Waals surface area contributed by atoms with Crippen LogP contribution in [-0.4, -0.2) is 10.9 Å². The van der Waals surface area contributed by atoms with Crippen LogP contribution in [0, 0.1) is 11.6 Å². The lowest BCUT2D eigenvalue weighted by Gasteiger charge is -2.09. The van der Waals surface area contributed by atoms with E-state index in [4.69, 9.17) is 0 Å². The highest BCUT2D eigenvalue weighted by atomic mass is 32.1. The smallest absolute Gasteiger partial charge is 0.251 e. The van der Waals surface area contributed by atoms with E-state index < -0.39 is 17.5 Å². The van der Waals surface area contributed by atoms with E-state index in [2.05, 4.69) is 10.3 Å². The number of nitrogens with one attached hydrogen (secondary N) is 1. The molecule has 3 nitrogen and oxygen atoms in total. The van der Waals surface area contributed by atoms with Crippen molar-refractivity contribution in [1.82, 2.24) is 10.3 Å². The van der Waals surface area contributed by atoms with E-state index in [-0.39, 0.29) is 12.1 Å². The van der Waals surface area contributed by atoms with Crippen LogP contribution in [-0.2, 0) is 6.54 Å². The third-order valence-electron chi connectivity index (χ3n) is 3.27. The lowest BCUT2D eigenvalue weighted by atomic mass is 10.1. The van der Waals surface area contributed by atoms with Gasteiger partial charge in [0.05, 0.1) is 10.6 Å². The third kappa shape index (κ3) is 3.43. The molecule has 116 valence electrons. The molecular weight excluding hydrogens is 318 g/mol. The van der Waals surface area contributed by atoms with Gasteiger partial charge in [0, 0.05) is 18.3 Å². The predicted octanol–water partition coefficient (Wildman–Crippen LogP) is 4.02. The molecule has 0 aliphatic heterocycles. The van der Waals surface area contributed by atoms with Gasteiger partial charge >= 0.3 is 0 Å². The normalized spacial score (nSPS) is 10.5. The topological polar surface area (TPSA) is 42.0 Å². The Bertz CT molecular complexity index is 834. The summed E-state index contributed by atoms with van der Waals surface area (Å²) in [6.45, 7) is 0.249. The van der Waals surface area contributed by atoms with Gasteiger partial charge in [-0.05, 0) is 41.3 Å². The van der Waals surface area contributed by atoms with Crippen molar-refractivity contribution in [2.24, 2.45) is 0 Å². The number of amides is 1. The molecule has 0 spiro atoms. The lowest BCUT2D eigenvalue weighted by Crippen LogP contribution is -2.23. The zero-order valence-corrected chi connectivity index (χ0v) is 12.7. The van der Waals surface area contributed by atoms with Crippen molar-refractivity contribution in [2.75, 3.05) is 0 Å². The highest BCUT2D eigenvalue weighted by Crippen LogP contribution is 2.25. The van der Waals surface area contributed by atoms with Crippen LogP contribution in [0.25, 0.3) is 10.6 Å². The number of benzene rings is 1. The van der Waals surface area contributed by atoms with Crippen molar-refractivity contribution >= 4 is 17.2 Å². The highest BCUT2D eigenvalue weighted by molar-refractivity contribution is 7.13. The Morgan fingerprint density at radius 2 is 2.00 bits per heavy atom. The van der Waals surface area contributed by atoms with Gasteiger partial charge in [-0.25, -0.2) is 8.78 Å². The summed E-state index contributed by atoms with van der Waals surface area (Å²) < 4.78 is 26.1. The predicted molar refractivity (Wildman–Crippen MR) is 85.1 cm³/mol. The highest BCUT2D eigenvalue weighted by Gasteiger charge is 2.12. The molecule has 0 unspecified atom stereocenters. The minimum atomic E-state index is -1.04. The first-order valence-electron chi connectivity index (χ1n) is 6.86. The number of nitrogens with zero attached hydrogens (tertiary/aromatic N) is 1. The van der Waals surface area contributed by atoms with Crippen LogP contribution in [0.2, 0.25) is 0 Å². The summed E-state index contributed by atoms with van der Waals surface area (Å²) in [5, 5.41) is 4.65. The minimum absolute atomic E-state index is 0.0745. The van der Waals surface area contributed by atoms with Crippen molar-refractivity contribution in [3.05, 3.63) is 76.8 Å². The molecule has 3 aromatic rings. The van der Waals surface area contributed by atoms with Gasteiger partial charge in [0.2, 0.25) is 0 Å². The third-order valence-corrected chi connectivity index (χ3v) is 4.14. The standard InChI is InChI=1S/C17H12F2N2OS/c18-13-6-5-11(9-14(13)19)17(22)21-10-12-3-1-7-20-16(12)15-4-2-8-23-15/h1-9H,10H2,(H,21,22). The molecule has 0 fully saturated rings. The molecule has 2 aromatic heterocycles. The summed E-state index contributed by atoms with van der Waals surface area (Å²) >= 11 is 1.56. The quantitative estimate of drug-likeness (QED) is 0.785. The molecular formula is C17H12F2N2OS. The molecule has 0 atom stereocenters. The fourth-order valence-corrected chi connectivity index (χ4v) is 2.89. The summed E-state index contributed by atoms with van der Waals surface area (Å²) in [5.41, 5.74) is 1.73. The zero-order valence-electron chi connectivity index (χ0n) is 11.9. The minimum Gasteiger partial charge on any atom is -0.348 e. The summed E-state index contributed by atoms with van der Waals surface area (Å²) in [7, 11) is 0. The van der Waals surface area contributed by atoms with E-state index in [1.165, 1.54) is 6.07 Å². The van der Waals surface area contributed by atoms with Crippen LogP contribution in [0.3, 0.4) is 0 Å². The monoisotopic (exact) mass is 330 g/mol. The molecule has 0 aliphatic rings. The molecule has 0 saturated carbocycles. The van der Waals surface area contributed by atoms with E-state index in [1.807, 2.05) is 23.6 Å². The number of pyridine rings is 1. The number of rotatable bonds is 4. The number of carbonyl (C=O) groups is 1. The van der Waals surface area contributed by atoms with Gasteiger partial charge in [0.25, 0.3) is 5.91 Å². The van der Waals surface area contributed by atoms with Crippen LogP contribution < -0.4 is 5.32 Å². The van der Waals surface area contributed by atoms with Gasteiger partial charge in [-0.1, -0.05) is 12.1 Å². The van der Waals surface area contributed by atoms with E-state index >= 15 is 0 Å². The molecule has 1 N–H and O–H groups in total. The largest absolute Gasteiger partial charge is 0.348 e. The molecule has 0 saturated heterocycles. The molecule has 1 amide bonds. The maximum Gasteiger partial charge on any atom is 0.251 e. The number of carbonyl (C=O) groups excluding carboxylic acids is 1. The first kappa shape index (κ1) is 15.3. The van der Waals surface area contributed by atoms with E-state index in [9.17, 15) is 13.6 Å². The van der Waals surface area contributed by atoms with Gasteiger partial charge in [-0.15, -0.1) is 11.3 Å². The first-order chi connectivity index (χ1) is 11.1. The number of thiophene rings is 1. The second kappa shape index (κ2) is 6.66. The Morgan fingerprint density at radius 1 is 1.13 bits per heavy atom. The summed E-state index contributed by atoms with van der Waals surface area (Å²) in [4.78, 5) is 17.4. The number of hydrogen-bond acceptors (Lipinski definition) is 3. The van der Waals surface area contributed by atoms with Crippen molar-refractivity contribution in [2.45, 2.75) is 6.54 Å². The van der Waals surface area contributed by atoms with Gasteiger partial charge < -0.3 is 5.32 Å². The van der Waals surface area contributed by atoms with Gasteiger partial charge in [0.15, 0.2) is 11.6 Å². The molecule has 0 radical (unpaired) electrons. The van der Waals surface area contributed by atoms with Crippen molar-refractivity contribution < 1.29 is 13.6 Å². The van der Waals surface area contributed by atoms with E-state index in [0.717, 1.165) is 28.3 Å². The van der Waals surface area contributed by atoms with E-state index in [1.54, 1.807) is 23.6 Å². The molecule has 1 aromatic carbocycles. The molecule has 3 rings (SSSR count). The number of hydrogen-bond donors (Lipinski definition) is 1. The van der Waals surface area contributed by atoms with Crippen LogP contribution >= 0.6 is 11.3 Å². The number of halogens is 2. The summed E-state index contributed by atoms with van der Waals surface area (Å²) in [6.07, 6.45) is 1.69. The van der Waals surface area contributed by atoms with Crippen molar-refractivity contribution in [3.63, 3.8) is 0 Å². The summed E-state index contributed by atoms with van der Waals surface area (Å²) in [6, 6.07) is 10.6. The van der Waals surface area contributed by atoms with Gasteiger partial charge in [0.1, 0.15) is 0 Å². The Balaban J connectivity index is 1.76. The molecule has 2 heterocycles. The molecule has 0 bridgehead atoms. The second-order valence-electron chi connectivity index (χ2n) is 4.80. The van der Waals surface area contributed by atoms with E-state index in [0.29, 0.717) is 0 Å². The van der Waals surface area contributed by atoms with Crippen molar-refractivity contribution in [1.29, 1.82) is 0 Å². The Labute approximate surface area is 135 Å². The molecule has 23 heavy (non-hydrogen) atoms. The SMILES string of the molecule is O=C(NCc1cccnc1-c1cccs1)c1ccc(F)c(F)c1. The Kier molecular flexibility index (Phi) is 4.43. The Hall–Kier alpha value is -2.60. The molecule has 0 aliphatic carbocycles. The second-order valence-corrected chi connectivity index (χ2v) is 5.75. The van der Waals surface area contributed by atoms with Crippen LogP contribution in [0.5, 0.6) is 0 Å². The first-order valence-corrected chi connectivity index (χ1v) is 7.74. The fraction of sp³-hybridized carbons (Fsp3) is 0.0588. The van der Waals surface area contributed by atoms with Crippen LogP contribution in [0.1, 0.15) is 15.9 Å². The average Bonchev–Trinajstić information content (AvgIpc) is 3.10. The average molecular weight is 330 g/mol. The zero-order chi connectivity index (χ0) is 16.2. The maximum atomic E-state index is 13.2. The van der Waals surface area contributed by atoms with Gasteiger partial charge in [-0.3, -0.25) is 9.78 Å². The molecule has 6 heteroatoms. The summed E-state index contributed by atoms with van der Waals surface area (Å²) in [5.74, 6) is -2.49. The Morgan fingerprint density at radius 3 is 2.74 bits per heavy atom. The van der Waals surface area contributed by atoms with Gasteiger partial charge in [-0.2, -0.15) is 0 Å². The van der Waals surface area contributed by atoms with Crippen molar-refractivity contribution in [3.8, 4) is 10.6 Å². The van der Waals surface area contributed by atoms with Crippen LogP contribution in [0.15, 0.2) is 54.0 Å².